The van der Waals surface area contributed by atoms with E-state index in [1.165, 1.54) is 6.26 Å². The highest BCUT2D eigenvalue weighted by Crippen LogP contribution is 2.12. The maximum Gasteiger partial charge on any atom is 0.291 e. The van der Waals surface area contributed by atoms with Crippen LogP contribution in [-0.2, 0) is 24.2 Å². The van der Waals surface area contributed by atoms with Gasteiger partial charge in [-0.1, -0.05) is 24.2 Å². The number of aromatic nitrogens is 2. The predicted octanol–water partition coefficient (Wildman–Crippen LogP) is 3.12. The average Bonchev–Trinajstić information content (AvgIpc) is 3.39. The van der Waals surface area contributed by atoms with Crippen molar-refractivity contribution in [2.75, 3.05) is 5.32 Å². The normalized spacial score (nSPS) is 10.6. The van der Waals surface area contributed by atoms with Crippen molar-refractivity contribution in [1.29, 1.82) is 0 Å². The molecule has 0 aliphatic heterocycles. The number of rotatable bonds is 9. The maximum atomic E-state index is 12.0. The second-order valence-corrected chi connectivity index (χ2v) is 6.22. The van der Waals surface area contributed by atoms with Crippen LogP contribution in [0, 0.1) is 0 Å². The largest absolute Gasteiger partial charge is 0.459 e. The number of benzene rings is 1. The fourth-order valence-corrected chi connectivity index (χ4v) is 2.53. The van der Waals surface area contributed by atoms with Crippen LogP contribution in [0.3, 0.4) is 0 Å². The van der Waals surface area contributed by atoms with Crippen LogP contribution in [0.2, 0.25) is 0 Å². The number of carbonyl (C=O) groups is 2. The van der Waals surface area contributed by atoms with Gasteiger partial charge in [-0.3, -0.25) is 9.59 Å². The Morgan fingerprint density at radius 3 is 2.64 bits per heavy atom. The minimum atomic E-state index is -0.307. The minimum absolute atomic E-state index is 0.0366. The van der Waals surface area contributed by atoms with E-state index in [0.717, 1.165) is 12.0 Å². The van der Waals surface area contributed by atoms with E-state index < -0.39 is 0 Å². The quantitative estimate of drug-likeness (QED) is 0.588. The van der Waals surface area contributed by atoms with Gasteiger partial charge in [-0.05, 0) is 36.2 Å². The first-order chi connectivity index (χ1) is 13.6. The van der Waals surface area contributed by atoms with E-state index in [2.05, 4.69) is 20.8 Å². The number of hydrogen-bond donors (Lipinski definition) is 2. The van der Waals surface area contributed by atoms with Gasteiger partial charge in [-0.25, -0.2) is 0 Å². The summed E-state index contributed by atoms with van der Waals surface area (Å²) in [6, 6.07) is 10.5. The molecule has 2 N–H and O–H groups in total. The molecule has 0 atom stereocenters. The zero-order valence-corrected chi connectivity index (χ0v) is 15.6. The lowest BCUT2D eigenvalue weighted by Crippen LogP contribution is -2.22. The Hall–Kier alpha value is -3.42. The highest BCUT2D eigenvalue weighted by atomic mass is 16.5. The molecule has 0 radical (unpaired) electrons. The lowest BCUT2D eigenvalue weighted by Gasteiger charge is -2.07. The number of nitrogens with one attached hydrogen (secondary N) is 2. The van der Waals surface area contributed by atoms with E-state index >= 15 is 0 Å². The van der Waals surface area contributed by atoms with Gasteiger partial charge in [-0.15, -0.1) is 0 Å². The van der Waals surface area contributed by atoms with Gasteiger partial charge < -0.3 is 19.6 Å². The van der Waals surface area contributed by atoms with Crippen molar-refractivity contribution >= 4 is 17.5 Å². The molecular formula is C20H22N4O4. The zero-order valence-electron chi connectivity index (χ0n) is 15.6. The van der Waals surface area contributed by atoms with Crippen LogP contribution < -0.4 is 10.6 Å². The molecule has 0 spiro atoms. The van der Waals surface area contributed by atoms with Crippen molar-refractivity contribution in [3.05, 3.63) is 65.7 Å². The number of hydrogen-bond acceptors (Lipinski definition) is 6. The fourth-order valence-electron chi connectivity index (χ4n) is 2.53. The van der Waals surface area contributed by atoms with Gasteiger partial charge in [0.15, 0.2) is 11.6 Å². The van der Waals surface area contributed by atoms with Gasteiger partial charge in [0, 0.05) is 31.5 Å². The van der Waals surface area contributed by atoms with Crippen LogP contribution >= 0.6 is 0 Å². The van der Waals surface area contributed by atoms with E-state index in [-0.39, 0.29) is 17.6 Å². The van der Waals surface area contributed by atoms with E-state index in [1.54, 1.807) is 24.3 Å². The number of anilines is 1. The van der Waals surface area contributed by atoms with Crippen LogP contribution in [0.4, 0.5) is 5.69 Å². The Balaban J connectivity index is 1.38. The second-order valence-electron chi connectivity index (χ2n) is 6.22. The molecule has 146 valence electrons. The maximum absolute atomic E-state index is 12.0. The molecule has 3 aromatic rings. The molecule has 28 heavy (non-hydrogen) atoms. The lowest BCUT2D eigenvalue weighted by molar-refractivity contribution is -0.121. The SMILES string of the molecule is CCc1noc(CCCC(=O)NCc2ccc(NC(=O)c3ccco3)cc2)n1. The zero-order chi connectivity index (χ0) is 19.8. The third kappa shape index (κ3) is 5.54. The summed E-state index contributed by atoms with van der Waals surface area (Å²) in [7, 11) is 0. The third-order valence-electron chi connectivity index (χ3n) is 4.07. The standard InChI is InChI=1S/C20H22N4O4/c1-2-17-23-19(28-24-17)7-3-6-18(25)21-13-14-8-10-15(11-9-14)22-20(26)16-5-4-12-27-16/h4-5,8-12H,2-3,6-7,13H2,1H3,(H,21,25)(H,22,26). The van der Waals surface area contributed by atoms with Crippen molar-refractivity contribution in [3.63, 3.8) is 0 Å². The number of amides is 2. The van der Waals surface area contributed by atoms with Gasteiger partial charge in [0.25, 0.3) is 5.91 Å². The van der Waals surface area contributed by atoms with Gasteiger partial charge in [0.2, 0.25) is 11.8 Å². The van der Waals surface area contributed by atoms with E-state index in [4.69, 9.17) is 8.94 Å². The van der Waals surface area contributed by atoms with Crippen molar-refractivity contribution in [2.45, 2.75) is 39.2 Å². The Morgan fingerprint density at radius 2 is 1.96 bits per heavy atom. The monoisotopic (exact) mass is 382 g/mol. The van der Waals surface area contributed by atoms with Crippen molar-refractivity contribution in [1.82, 2.24) is 15.5 Å². The van der Waals surface area contributed by atoms with E-state index in [1.807, 2.05) is 19.1 Å². The van der Waals surface area contributed by atoms with Gasteiger partial charge in [0.05, 0.1) is 6.26 Å². The molecule has 0 saturated heterocycles. The number of nitrogens with zero attached hydrogens (tertiary/aromatic N) is 2. The predicted molar refractivity (Wildman–Crippen MR) is 102 cm³/mol. The Labute approximate surface area is 162 Å². The van der Waals surface area contributed by atoms with Gasteiger partial charge in [0.1, 0.15) is 0 Å². The second kappa shape index (κ2) is 9.50. The number of carbonyl (C=O) groups excluding carboxylic acids is 2. The van der Waals surface area contributed by atoms with Crippen molar-refractivity contribution in [3.8, 4) is 0 Å². The number of aryl methyl sites for hydroxylation is 2. The molecule has 8 heteroatoms. The Morgan fingerprint density at radius 1 is 1.14 bits per heavy atom. The minimum Gasteiger partial charge on any atom is -0.459 e. The molecule has 0 aliphatic rings. The summed E-state index contributed by atoms with van der Waals surface area (Å²) in [5.41, 5.74) is 1.59. The molecule has 2 amide bonds. The van der Waals surface area contributed by atoms with Crippen LogP contribution in [0.15, 0.2) is 51.6 Å². The van der Waals surface area contributed by atoms with E-state index in [0.29, 0.717) is 43.2 Å². The summed E-state index contributed by atoms with van der Waals surface area (Å²) in [6.45, 7) is 2.38. The molecule has 2 heterocycles. The van der Waals surface area contributed by atoms with Crippen LogP contribution in [0.1, 0.15) is 47.6 Å². The molecule has 0 unspecified atom stereocenters. The Kier molecular flexibility index (Phi) is 6.56. The highest BCUT2D eigenvalue weighted by molar-refractivity contribution is 6.02. The first-order valence-corrected chi connectivity index (χ1v) is 9.16. The first-order valence-electron chi connectivity index (χ1n) is 9.16. The van der Waals surface area contributed by atoms with Crippen LogP contribution in [-0.4, -0.2) is 22.0 Å². The first kappa shape index (κ1) is 19.3. The average molecular weight is 382 g/mol. The highest BCUT2D eigenvalue weighted by Gasteiger charge is 2.09. The van der Waals surface area contributed by atoms with Crippen molar-refractivity contribution in [2.24, 2.45) is 0 Å². The molecule has 1 aromatic carbocycles. The van der Waals surface area contributed by atoms with Crippen LogP contribution in [0.25, 0.3) is 0 Å². The summed E-state index contributed by atoms with van der Waals surface area (Å²) >= 11 is 0. The molecule has 0 bridgehead atoms. The molecule has 0 aliphatic carbocycles. The molecule has 3 rings (SSSR count). The summed E-state index contributed by atoms with van der Waals surface area (Å²) in [5, 5.41) is 9.45. The Bertz CT molecular complexity index is 901. The number of furan rings is 1. The molecular weight excluding hydrogens is 360 g/mol. The van der Waals surface area contributed by atoms with Crippen molar-refractivity contribution < 1.29 is 18.5 Å². The van der Waals surface area contributed by atoms with E-state index in [9.17, 15) is 9.59 Å². The molecule has 0 fully saturated rings. The summed E-state index contributed by atoms with van der Waals surface area (Å²) in [5.74, 6) is 1.16. The smallest absolute Gasteiger partial charge is 0.291 e. The van der Waals surface area contributed by atoms with Gasteiger partial charge >= 0.3 is 0 Å². The topological polar surface area (TPSA) is 110 Å². The summed E-state index contributed by atoms with van der Waals surface area (Å²) in [4.78, 5) is 28.1. The summed E-state index contributed by atoms with van der Waals surface area (Å²) < 4.78 is 10.2. The molecule has 0 saturated carbocycles. The fraction of sp³-hybridized carbons (Fsp3) is 0.300. The van der Waals surface area contributed by atoms with Gasteiger partial charge in [-0.2, -0.15) is 4.98 Å². The molecule has 8 nitrogen and oxygen atoms in total. The third-order valence-corrected chi connectivity index (χ3v) is 4.07. The summed E-state index contributed by atoms with van der Waals surface area (Å²) in [6.07, 6.45) is 3.81. The van der Waals surface area contributed by atoms with Crippen LogP contribution in [0.5, 0.6) is 0 Å². The lowest BCUT2D eigenvalue weighted by atomic mass is 10.2. The molecule has 2 aromatic heterocycles.